The van der Waals surface area contributed by atoms with Crippen LogP contribution in [0.3, 0.4) is 0 Å². The number of hydrogen-bond acceptors (Lipinski definition) is 3. The molecular weight excluding hydrogens is 262 g/mol. The fraction of sp³-hybridized carbons (Fsp3) is 0.600. The molecule has 0 unspecified atom stereocenters. The predicted molar refractivity (Wildman–Crippen MR) is 78.3 cm³/mol. The number of halogens is 1. The maximum Gasteiger partial charge on any atom is 0.164 e. The van der Waals surface area contributed by atoms with Crippen molar-refractivity contribution in [3.63, 3.8) is 0 Å². The van der Waals surface area contributed by atoms with Crippen molar-refractivity contribution in [1.29, 1.82) is 0 Å². The third kappa shape index (κ3) is 3.77. The molecule has 0 aliphatic heterocycles. The van der Waals surface area contributed by atoms with Crippen molar-refractivity contribution in [3.05, 3.63) is 22.7 Å². The third-order valence-electron chi connectivity index (χ3n) is 3.55. The van der Waals surface area contributed by atoms with Crippen LogP contribution in [0.4, 0.5) is 0 Å². The van der Waals surface area contributed by atoms with Gasteiger partial charge in [0.15, 0.2) is 11.5 Å². The first kappa shape index (κ1) is 14.5. The highest BCUT2D eigenvalue weighted by atomic mass is 35.5. The van der Waals surface area contributed by atoms with Crippen molar-refractivity contribution in [2.75, 3.05) is 13.7 Å². The Morgan fingerprint density at radius 3 is 2.68 bits per heavy atom. The van der Waals surface area contributed by atoms with Gasteiger partial charge in [0.1, 0.15) is 0 Å². The van der Waals surface area contributed by atoms with E-state index in [2.05, 4.69) is 0 Å². The van der Waals surface area contributed by atoms with Gasteiger partial charge >= 0.3 is 0 Å². The molecule has 106 valence electrons. The Hall–Kier alpha value is -0.930. The van der Waals surface area contributed by atoms with Crippen LogP contribution in [0, 0.1) is 0 Å². The lowest BCUT2D eigenvalue weighted by molar-refractivity contribution is 0.198. The second-order valence-corrected chi connectivity index (χ2v) is 5.45. The largest absolute Gasteiger partial charge is 0.493 e. The third-order valence-corrected chi connectivity index (χ3v) is 3.77. The van der Waals surface area contributed by atoms with E-state index in [0.29, 0.717) is 17.7 Å². The molecule has 0 spiro atoms. The normalized spacial score (nSPS) is 15.7. The Kier molecular flexibility index (Phi) is 5.34. The number of aryl methyl sites for hydroxylation is 1. The molecule has 19 heavy (non-hydrogen) atoms. The second kappa shape index (κ2) is 7.01. The summed E-state index contributed by atoms with van der Waals surface area (Å²) < 4.78 is 11.6. The average molecular weight is 284 g/mol. The van der Waals surface area contributed by atoms with Crippen LogP contribution in [0.2, 0.25) is 5.02 Å². The average Bonchev–Trinajstić information content (AvgIpc) is 2.91. The van der Waals surface area contributed by atoms with E-state index in [-0.39, 0.29) is 0 Å². The van der Waals surface area contributed by atoms with Crippen LogP contribution in [0.5, 0.6) is 11.5 Å². The Balaban J connectivity index is 2.24. The smallest absolute Gasteiger partial charge is 0.164 e. The van der Waals surface area contributed by atoms with E-state index in [0.717, 1.165) is 42.7 Å². The molecule has 0 bridgehead atoms. The van der Waals surface area contributed by atoms with Crippen molar-refractivity contribution in [3.8, 4) is 11.5 Å². The standard InChI is InChI=1S/C15H22ClNO2/c1-18-14-10-12(16)9-11(5-4-8-17)15(14)19-13-6-2-3-7-13/h9-10,13H,2-8,17H2,1H3. The van der Waals surface area contributed by atoms with E-state index < -0.39 is 0 Å². The van der Waals surface area contributed by atoms with Gasteiger partial charge in [-0.3, -0.25) is 0 Å². The topological polar surface area (TPSA) is 44.5 Å². The minimum Gasteiger partial charge on any atom is -0.493 e. The van der Waals surface area contributed by atoms with Crippen LogP contribution in [-0.2, 0) is 6.42 Å². The summed E-state index contributed by atoms with van der Waals surface area (Å²) in [6, 6.07) is 3.78. The van der Waals surface area contributed by atoms with Crippen molar-refractivity contribution in [1.82, 2.24) is 0 Å². The van der Waals surface area contributed by atoms with Crippen LogP contribution in [0.1, 0.15) is 37.7 Å². The first-order valence-electron chi connectivity index (χ1n) is 6.97. The maximum absolute atomic E-state index is 6.16. The number of nitrogens with two attached hydrogens (primary N) is 1. The quantitative estimate of drug-likeness (QED) is 0.868. The summed E-state index contributed by atoms with van der Waals surface area (Å²) in [5.74, 6) is 1.58. The zero-order chi connectivity index (χ0) is 13.7. The van der Waals surface area contributed by atoms with Crippen molar-refractivity contribution >= 4 is 11.6 Å². The van der Waals surface area contributed by atoms with Gasteiger partial charge in [0.2, 0.25) is 0 Å². The lowest BCUT2D eigenvalue weighted by atomic mass is 10.1. The maximum atomic E-state index is 6.16. The summed E-state index contributed by atoms with van der Waals surface area (Å²) in [6.45, 7) is 0.664. The van der Waals surface area contributed by atoms with Gasteiger partial charge in [-0.25, -0.2) is 0 Å². The summed E-state index contributed by atoms with van der Waals surface area (Å²) in [5.41, 5.74) is 6.69. The molecule has 0 aromatic heterocycles. The number of hydrogen-bond donors (Lipinski definition) is 1. The molecule has 0 saturated heterocycles. The van der Waals surface area contributed by atoms with Gasteiger partial charge in [-0.15, -0.1) is 0 Å². The molecule has 0 amide bonds. The van der Waals surface area contributed by atoms with Gasteiger partial charge in [0, 0.05) is 11.1 Å². The Morgan fingerprint density at radius 2 is 2.05 bits per heavy atom. The van der Waals surface area contributed by atoms with Crippen LogP contribution < -0.4 is 15.2 Å². The molecule has 0 atom stereocenters. The molecular formula is C15H22ClNO2. The second-order valence-electron chi connectivity index (χ2n) is 5.01. The Labute approximate surface area is 120 Å². The van der Waals surface area contributed by atoms with Crippen molar-refractivity contribution in [2.24, 2.45) is 5.73 Å². The SMILES string of the molecule is COc1cc(Cl)cc(CCCN)c1OC1CCCC1. The lowest BCUT2D eigenvalue weighted by Gasteiger charge is -2.19. The molecule has 2 N–H and O–H groups in total. The predicted octanol–water partition coefficient (Wildman–Crippen LogP) is 3.56. The Morgan fingerprint density at radius 1 is 1.32 bits per heavy atom. The summed E-state index contributed by atoms with van der Waals surface area (Å²) in [7, 11) is 1.65. The number of benzene rings is 1. The molecule has 0 radical (unpaired) electrons. The Bertz CT molecular complexity index is 417. The minimum atomic E-state index is 0.312. The fourth-order valence-corrected chi connectivity index (χ4v) is 2.79. The van der Waals surface area contributed by atoms with Crippen LogP contribution in [0.25, 0.3) is 0 Å². The van der Waals surface area contributed by atoms with Crippen LogP contribution >= 0.6 is 11.6 Å². The van der Waals surface area contributed by atoms with E-state index in [1.54, 1.807) is 7.11 Å². The highest BCUT2D eigenvalue weighted by Crippen LogP contribution is 2.38. The van der Waals surface area contributed by atoms with Gasteiger partial charge in [-0.1, -0.05) is 11.6 Å². The molecule has 1 aromatic carbocycles. The first-order valence-corrected chi connectivity index (χ1v) is 7.35. The van der Waals surface area contributed by atoms with Crippen LogP contribution in [0.15, 0.2) is 12.1 Å². The van der Waals surface area contributed by atoms with Gasteiger partial charge in [-0.05, 0) is 56.7 Å². The number of ether oxygens (including phenoxy) is 2. The van der Waals surface area contributed by atoms with Crippen molar-refractivity contribution < 1.29 is 9.47 Å². The van der Waals surface area contributed by atoms with E-state index in [4.69, 9.17) is 26.8 Å². The summed E-state index contributed by atoms with van der Waals surface area (Å²) in [5, 5.41) is 0.683. The molecule has 0 heterocycles. The molecule has 3 nitrogen and oxygen atoms in total. The van der Waals surface area contributed by atoms with Crippen LogP contribution in [-0.4, -0.2) is 19.8 Å². The molecule has 4 heteroatoms. The highest BCUT2D eigenvalue weighted by molar-refractivity contribution is 6.30. The first-order chi connectivity index (χ1) is 9.24. The molecule has 1 fully saturated rings. The molecule has 1 aliphatic rings. The minimum absolute atomic E-state index is 0.312. The molecule has 1 saturated carbocycles. The highest BCUT2D eigenvalue weighted by Gasteiger charge is 2.21. The van der Waals surface area contributed by atoms with E-state index in [1.807, 2.05) is 12.1 Å². The monoisotopic (exact) mass is 283 g/mol. The van der Waals surface area contributed by atoms with E-state index >= 15 is 0 Å². The van der Waals surface area contributed by atoms with Gasteiger partial charge in [-0.2, -0.15) is 0 Å². The van der Waals surface area contributed by atoms with Gasteiger partial charge < -0.3 is 15.2 Å². The number of methoxy groups -OCH3 is 1. The van der Waals surface area contributed by atoms with E-state index in [1.165, 1.54) is 12.8 Å². The summed E-state index contributed by atoms with van der Waals surface area (Å²) in [6.07, 6.45) is 6.86. The summed E-state index contributed by atoms with van der Waals surface area (Å²) >= 11 is 6.13. The molecule has 1 aliphatic carbocycles. The zero-order valence-electron chi connectivity index (χ0n) is 11.5. The zero-order valence-corrected chi connectivity index (χ0v) is 12.2. The van der Waals surface area contributed by atoms with Gasteiger partial charge in [0.05, 0.1) is 13.2 Å². The molecule has 1 aromatic rings. The van der Waals surface area contributed by atoms with E-state index in [9.17, 15) is 0 Å². The summed E-state index contributed by atoms with van der Waals surface area (Å²) in [4.78, 5) is 0. The van der Waals surface area contributed by atoms with Gasteiger partial charge in [0.25, 0.3) is 0 Å². The lowest BCUT2D eigenvalue weighted by Crippen LogP contribution is -2.13. The number of rotatable bonds is 6. The molecule has 2 rings (SSSR count). The fourth-order valence-electron chi connectivity index (χ4n) is 2.56. The van der Waals surface area contributed by atoms with Crippen molar-refractivity contribution in [2.45, 2.75) is 44.6 Å².